The maximum atomic E-state index is 10.1. The van der Waals surface area contributed by atoms with Crippen molar-refractivity contribution in [3.63, 3.8) is 0 Å². The molecule has 1 rings (SSSR count). The molecule has 1 heterocycles. The summed E-state index contributed by atoms with van der Waals surface area (Å²) in [7, 11) is 0. The Labute approximate surface area is 66.5 Å². The Bertz CT molecular complexity index is 278. The number of thiocarbonyl (C=S) groups is 1. The molecule has 0 aliphatic heterocycles. The quantitative estimate of drug-likeness (QED) is 0.370. The lowest BCUT2D eigenvalue weighted by molar-refractivity contribution is -0.389. The number of rotatable bonds is 2. The molecule has 0 saturated carbocycles. The highest BCUT2D eigenvalue weighted by Gasteiger charge is 2.10. The predicted molar refractivity (Wildman–Crippen MR) is 41.1 cm³/mol. The van der Waals surface area contributed by atoms with Gasteiger partial charge in [0, 0.05) is 0 Å². The number of nitro groups is 1. The van der Waals surface area contributed by atoms with E-state index in [0.29, 0.717) is 0 Å². The fourth-order valence-corrected chi connectivity index (χ4v) is 0.636. The molecule has 0 aliphatic rings. The van der Waals surface area contributed by atoms with Gasteiger partial charge in [-0.1, -0.05) is 17.3 Å². The van der Waals surface area contributed by atoms with E-state index < -0.39 is 4.92 Å². The van der Waals surface area contributed by atoms with E-state index in [1.807, 2.05) is 0 Å². The summed E-state index contributed by atoms with van der Waals surface area (Å²) in [6.07, 6.45) is 0. The largest absolute Gasteiger partial charge is 0.388 e. The van der Waals surface area contributed by atoms with Gasteiger partial charge in [0.25, 0.3) is 0 Å². The predicted octanol–water partition coefficient (Wildman–Crippen LogP) is -0.0479. The highest BCUT2D eigenvalue weighted by atomic mass is 32.1. The maximum Gasteiger partial charge on any atom is 0.343 e. The fourth-order valence-electron chi connectivity index (χ4n) is 0.531. The fraction of sp³-hybridized carbons (Fsp3) is 0. The molecule has 0 saturated heterocycles. The number of H-pyrrole nitrogens is 1. The summed E-state index contributed by atoms with van der Waals surface area (Å²) in [5.41, 5.74) is 5.38. The molecule has 0 fully saturated rings. The average molecular weight is 172 g/mol. The van der Waals surface area contributed by atoms with Crippen molar-refractivity contribution < 1.29 is 4.92 Å². The molecule has 0 spiro atoms. The first-order valence-electron chi connectivity index (χ1n) is 2.61. The Balaban J connectivity index is 2.99. The van der Waals surface area contributed by atoms with Gasteiger partial charge in [0.1, 0.15) is 10.7 Å². The van der Waals surface area contributed by atoms with Crippen LogP contribution in [0, 0.1) is 10.1 Å². The van der Waals surface area contributed by atoms with Crippen LogP contribution >= 0.6 is 12.2 Å². The second-order valence-corrected chi connectivity index (χ2v) is 2.20. The molecule has 58 valence electrons. The van der Waals surface area contributed by atoms with Crippen LogP contribution in [0.15, 0.2) is 6.07 Å². The lowest BCUT2D eigenvalue weighted by atomic mass is 10.4. The number of hydrogen-bond acceptors (Lipinski definition) is 4. The molecule has 0 aliphatic carbocycles. The topological polar surface area (TPSA) is 97.8 Å². The third-order valence-electron chi connectivity index (χ3n) is 1.01. The van der Waals surface area contributed by atoms with Gasteiger partial charge >= 0.3 is 5.82 Å². The zero-order valence-electron chi connectivity index (χ0n) is 5.27. The van der Waals surface area contributed by atoms with Gasteiger partial charge in [0.15, 0.2) is 0 Å². The first kappa shape index (κ1) is 7.61. The van der Waals surface area contributed by atoms with Crippen LogP contribution < -0.4 is 5.73 Å². The first-order chi connectivity index (χ1) is 5.11. The Morgan fingerprint density at radius 3 is 2.82 bits per heavy atom. The minimum atomic E-state index is -0.602. The Hall–Kier alpha value is -1.50. The Morgan fingerprint density at radius 1 is 1.91 bits per heavy atom. The minimum Gasteiger partial charge on any atom is -0.388 e. The number of hydrogen-bond donors (Lipinski definition) is 2. The molecule has 1 aromatic rings. The molecule has 0 aromatic carbocycles. The molecular formula is C4H4N4O2S. The molecule has 11 heavy (non-hydrogen) atoms. The summed E-state index contributed by atoms with van der Waals surface area (Å²) in [5, 5.41) is 15.8. The van der Waals surface area contributed by atoms with Crippen molar-refractivity contribution in [3.8, 4) is 0 Å². The van der Waals surface area contributed by atoms with Crippen LogP contribution in [-0.2, 0) is 0 Å². The molecule has 0 atom stereocenters. The zero-order chi connectivity index (χ0) is 8.43. The number of nitrogens with two attached hydrogens (primary N) is 1. The SMILES string of the molecule is NC(=S)c1cc([N+](=O)[O-])[nH]n1. The third kappa shape index (κ3) is 1.49. The summed E-state index contributed by atoms with van der Waals surface area (Å²) >= 11 is 4.53. The van der Waals surface area contributed by atoms with Crippen molar-refractivity contribution in [2.24, 2.45) is 5.73 Å². The van der Waals surface area contributed by atoms with Crippen LogP contribution in [0.4, 0.5) is 5.82 Å². The lowest BCUT2D eigenvalue weighted by Gasteiger charge is -1.84. The number of nitrogens with one attached hydrogen (secondary N) is 1. The van der Waals surface area contributed by atoms with Gasteiger partial charge in [0.2, 0.25) is 0 Å². The van der Waals surface area contributed by atoms with Gasteiger partial charge < -0.3 is 15.8 Å². The first-order valence-corrected chi connectivity index (χ1v) is 3.01. The average Bonchev–Trinajstić information content (AvgIpc) is 2.33. The normalized spacial score (nSPS) is 9.45. The third-order valence-corrected chi connectivity index (χ3v) is 1.22. The number of aromatic amines is 1. The summed E-state index contributed by atoms with van der Waals surface area (Å²) in [6.45, 7) is 0. The maximum absolute atomic E-state index is 10.1. The van der Waals surface area contributed by atoms with Crippen LogP contribution in [0.3, 0.4) is 0 Å². The highest BCUT2D eigenvalue weighted by molar-refractivity contribution is 7.80. The molecule has 0 radical (unpaired) electrons. The van der Waals surface area contributed by atoms with E-state index in [4.69, 9.17) is 5.73 Å². The van der Waals surface area contributed by atoms with E-state index in [2.05, 4.69) is 22.4 Å². The van der Waals surface area contributed by atoms with Crippen LogP contribution in [-0.4, -0.2) is 20.1 Å². The van der Waals surface area contributed by atoms with Crippen LogP contribution in [0.1, 0.15) is 5.69 Å². The molecule has 0 unspecified atom stereocenters. The lowest BCUT2D eigenvalue weighted by Crippen LogP contribution is -2.09. The summed E-state index contributed by atoms with van der Waals surface area (Å²) in [5.74, 6) is -0.215. The van der Waals surface area contributed by atoms with Gasteiger partial charge in [-0.3, -0.25) is 0 Å². The van der Waals surface area contributed by atoms with Gasteiger partial charge in [-0.2, -0.15) is 0 Å². The summed E-state index contributed by atoms with van der Waals surface area (Å²) in [6, 6.07) is 1.18. The van der Waals surface area contributed by atoms with E-state index in [1.165, 1.54) is 6.07 Å². The number of aromatic nitrogens is 2. The van der Waals surface area contributed by atoms with Gasteiger partial charge in [-0.25, -0.2) is 0 Å². The molecule has 7 heteroatoms. The van der Waals surface area contributed by atoms with Gasteiger partial charge in [0.05, 0.1) is 6.07 Å². The smallest absolute Gasteiger partial charge is 0.343 e. The zero-order valence-corrected chi connectivity index (χ0v) is 6.09. The summed E-state index contributed by atoms with van der Waals surface area (Å²) < 4.78 is 0. The van der Waals surface area contributed by atoms with E-state index in [-0.39, 0.29) is 16.5 Å². The Kier molecular flexibility index (Phi) is 1.81. The van der Waals surface area contributed by atoms with Gasteiger partial charge in [-0.05, 0) is 4.92 Å². The molecule has 1 aromatic heterocycles. The van der Waals surface area contributed by atoms with E-state index >= 15 is 0 Å². The van der Waals surface area contributed by atoms with Crippen molar-refractivity contribution in [1.82, 2.24) is 10.2 Å². The molecule has 0 bridgehead atoms. The van der Waals surface area contributed by atoms with Crippen LogP contribution in [0.2, 0.25) is 0 Å². The van der Waals surface area contributed by atoms with Gasteiger partial charge in [-0.15, -0.1) is 5.10 Å². The monoisotopic (exact) mass is 172 g/mol. The van der Waals surface area contributed by atoms with Crippen molar-refractivity contribution in [1.29, 1.82) is 0 Å². The number of nitrogens with zero attached hydrogens (tertiary/aromatic N) is 2. The molecule has 0 amide bonds. The van der Waals surface area contributed by atoms with Crippen molar-refractivity contribution >= 4 is 23.0 Å². The van der Waals surface area contributed by atoms with Crippen LogP contribution in [0.25, 0.3) is 0 Å². The van der Waals surface area contributed by atoms with Crippen molar-refractivity contribution in [2.75, 3.05) is 0 Å². The van der Waals surface area contributed by atoms with Crippen molar-refractivity contribution in [2.45, 2.75) is 0 Å². The molecule has 6 nitrogen and oxygen atoms in total. The Morgan fingerprint density at radius 2 is 2.55 bits per heavy atom. The van der Waals surface area contributed by atoms with E-state index in [0.717, 1.165) is 0 Å². The standard InChI is InChI=1S/C4H4N4O2S/c5-4(11)2-1-3(7-6-2)8(9)10/h1H,(H2,5,11)(H,6,7). The van der Waals surface area contributed by atoms with E-state index in [9.17, 15) is 10.1 Å². The molecule has 3 N–H and O–H groups in total. The minimum absolute atomic E-state index is 0.0364. The summed E-state index contributed by atoms with van der Waals surface area (Å²) in [4.78, 5) is 9.52. The second-order valence-electron chi connectivity index (χ2n) is 1.76. The molecular weight excluding hydrogens is 168 g/mol. The highest BCUT2D eigenvalue weighted by Crippen LogP contribution is 2.06. The van der Waals surface area contributed by atoms with Crippen LogP contribution in [0.5, 0.6) is 0 Å². The van der Waals surface area contributed by atoms with Crippen molar-refractivity contribution in [3.05, 3.63) is 21.9 Å². The van der Waals surface area contributed by atoms with E-state index in [1.54, 1.807) is 0 Å². The second kappa shape index (κ2) is 2.62.